The molecule has 0 radical (unpaired) electrons. The third-order valence-corrected chi connectivity index (χ3v) is 9.53. The number of aliphatic imine (C=N–C) groups is 1. The highest BCUT2D eigenvalue weighted by molar-refractivity contribution is 8.15. The van der Waals surface area contributed by atoms with Gasteiger partial charge in [-0.2, -0.15) is 0 Å². The van der Waals surface area contributed by atoms with Gasteiger partial charge in [0.25, 0.3) is 0 Å². The highest BCUT2D eigenvalue weighted by atomic mass is 32.2. The zero-order valence-electron chi connectivity index (χ0n) is 18.2. The maximum Gasteiger partial charge on any atom is 0.239 e. The summed E-state index contributed by atoms with van der Waals surface area (Å²) in [7, 11) is 0. The summed E-state index contributed by atoms with van der Waals surface area (Å²) in [4.78, 5) is 30.4. The van der Waals surface area contributed by atoms with E-state index in [0.717, 1.165) is 55.0 Å². The Labute approximate surface area is 185 Å². The van der Waals surface area contributed by atoms with E-state index in [0.29, 0.717) is 19.0 Å². The van der Waals surface area contributed by atoms with E-state index in [1.165, 1.54) is 51.4 Å². The summed E-state index contributed by atoms with van der Waals surface area (Å²) in [6.45, 7) is 0.600. The second kappa shape index (κ2) is 8.84. The molecule has 6 aliphatic rings. The average Bonchev–Trinajstić information content (AvgIpc) is 3.02. The Hall–Kier alpha value is -1.04. The molecule has 1 unspecified atom stereocenters. The van der Waals surface area contributed by atoms with Crippen molar-refractivity contribution in [2.24, 2.45) is 28.2 Å². The summed E-state index contributed by atoms with van der Waals surface area (Å²) in [6, 6.07) is 0.364. The Kier molecular flexibility index (Phi) is 6.14. The molecule has 6 rings (SSSR count). The Morgan fingerprint density at radius 3 is 2.23 bits per heavy atom. The summed E-state index contributed by atoms with van der Waals surface area (Å²) < 4.78 is 0. The minimum Gasteiger partial charge on any atom is -0.356 e. The molecule has 4 bridgehead atoms. The van der Waals surface area contributed by atoms with Gasteiger partial charge in [0.15, 0.2) is 5.17 Å². The lowest BCUT2D eigenvalue weighted by Crippen LogP contribution is -2.53. The largest absolute Gasteiger partial charge is 0.356 e. The first kappa shape index (κ1) is 20.8. The van der Waals surface area contributed by atoms with E-state index >= 15 is 0 Å². The number of nitrogens with one attached hydrogen (secondary N) is 2. The monoisotopic (exact) mass is 431 g/mol. The van der Waals surface area contributed by atoms with E-state index in [4.69, 9.17) is 4.99 Å². The van der Waals surface area contributed by atoms with Crippen LogP contribution in [0.3, 0.4) is 0 Å². The van der Waals surface area contributed by atoms with Gasteiger partial charge in [-0.3, -0.25) is 14.6 Å². The number of rotatable bonds is 5. The molecular weight excluding hydrogens is 394 g/mol. The van der Waals surface area contributed by atoms with E-state index in [2.05, 4.69) is 10.6 Å². The maximum absolute atomic E-state index is 13.1. The third-order valence-electron chi connectivity index (χ3n) is 8.36. The van der Waals surface area contributed by atoms with Crippen LogP contribution in [-0.2, 0) is 9.59 Å². The molecule has 6 heteroatoms. The fourth-order valence-electron chi connectivity index (χ4n) is 7.28. The van der Waals surface area contributed by atoms with Gasteiger partial charge in [-0.25, -0.2) is 0 Å². The molecule has 1 atom stereocenters. The molecule has 1 aliphatic heterocycles. The van der Waals surface area contributed by atoms with Crippen molar-refractivity contribution >= 4 is 28.7 Å². The Balaban J connectivity index is 1.10. The molecule has 6 fully saturated rings. The van der Waals surface area contributed by atoms with Crippen LogP contribution in [0.15, 0.2) is 4.99 Å². The summed E-state index contributed by atoms with van der Waals surface area (Å²) >= 11 is 1.57. The van der Waals surface area contributed by atoms with Gasteiger partial charge in [0.05, 0.1) is 11.3 Å². The standard InChI is InChI=1S/C24H37N3O2S/c28-21-20(30-23(27-21)26-19-6-4-2-1-3-5-7-19)8-9-25-22(29)24-13-16-10-17(14-24)12-18(11-16)15-24/h16-20H,1-15H2,(H,25,29)(H,26,27,28). The highest BCUT2D eigenvalue weighted by Gasteiger charge is 2.54. The van der Waals surface area contributed by atoms with Gasteiger partial charge in [-0.05, 0) is 75.5 Å². The van der Waals surface area contributed by atoms with Crippen molar-refractivity contribution in [2.75, 3.05) is 6.54 Å². The van der Waals surface area contributed by atoms with Crippen LogP contribution in [0.5, 0.6) is 0 Å². The molecule has 5 saturated carbocycles. The molecule has 1 heterocycles. The molecule has 166 valence electrons. The zero-order chi connectivity index (χ0) is 20.6. The summed E-state index contributed by atoms with van der Waals surface area (Å²) in [5.41, 5.74) is -0.0926. The van der Waals surface area contributed by atoms with E-state index in [9.17, 15) is 9.59 Å². The minimum atomic E-state index is -0.117. The van der Waals surface area contributed by atoms with Crippen LogP contribution in [0.4, 0.5) is 0 Å². The number of carbonyl (C=O) groups excluding carboxylic acids is 2. The quantitative estimate of drug-likeness (QED) is 0.677. The van der Waals surface area contributed by atoms with Crippen molar-refractivity contribution < 1.29 is 9.59 Å². The molecule has 0 aromatic heterocycles. The Bertz CT molecular complexity index is 663. The number of hydrogen-bond donors (Lipinski definition) is 2. The number of amides is 2. The molecule has 2 amide bonds. The summed E-state index contributed by atoms with van der Waals surface area (Å²) in [5, 5.41) is 6.91. The lowest BCUT2D eigenvalue weighted by molar-refractivity contribution is -0.146. The van der Waals surface area contributed by atoms with Crippen LogP contribution in [0.2, 0.25) is 0 Å². The van der Waals surface area contributed by atoms with Gasteiger partial charge in [-0.1, -0.05) is 43.9 Å². The fraction of sp³-hybridized carbons (Fsp3) is 0.875. The topological polar surface area (TPSA) is 70.6 Å². The van der Waals surface area contributed by atoms with Crippen LogP contribution < -0.4 is 10.6 Å². The fourth-order valence-corrected chi connectivity index (χ4v) is 8.32. The minimum absolute atomic E-state index is 0.0636. The van der Waals surface area contributed by atoms with E-state index in [1.54, 1.807) is 11.8 Å². The molecule has 0 spiro atoms. The molecule has 2 N–H and O–H groups in total. The maximum atomic E-state index is 13.1. The van der Waals surface area contributed by atoms with Crippen molar-refractivity contribution in [3.8, 4) is 0 Å². The average molecular weight is 432 g/mol. The summed E-state index contributed by atoms with van der Waals surface area (Å²) in [6.07, 6.45) is 16.8. The van der Waals surface area contributed by atoms with Gasteiger partial charge < -0.3 is 10.6 Å². The lowest BCUT2D eigenvalue weighted by atomic mass is 9.49. The smallest absolute Gasteiger partial charge is 0.239 e. The number of thioether (sulfide) groups is 1. The SMILES string of the molecule is O=C1NC(=NC2CCCCCCC2)SC1CCNC(=O)C12CC3CC(CC(C3)C1)C2. The van der Waals surface area contributed by atoms with Crippen molar-refractivity contribution in [1.82, 2.24) is 10.6 Å². The van der Waals surface area contributed by atoms with Crippen molar-refractivity contribution in [1.29, 1.82) is 0 Å². The first-order chi connectivity index (χ1) is 14.6. The van der Waals surface area contributed by atoms with Gasteiger partial charge in [0.2, 0.25) is 11.8 Å². The molecule has 1 saturated heterocycles. The van der Waals surface area contributed by atoms with Crippen molar-refractivity contribution in [2.45, 2.75) is 101 Å². The molecule has 30 heavy (non-hydrogen) atoms. The number of carbonyl (C=O) groups is 2. The number of hydrogen-bond acceptors (Lipinski definition) is 4. The number of amidine groups is 1. The number of nitrogens with zero attached hydrogens (tertiary/aromatic N) is 1. The van der Waals surface area contributed by atoms with Gasteiger partial charge in [0.1, 0.15) is 0 Å². The summed E-state index contributed by atoms with van der Waals surface area (Å²) in [5.74, 6) is 2.68. The van der Waals surface area contributed by atoms with E-state index < -0.39 is 0 Å². The molecular formula is C24H37N3O2S. The Morgan fingerprint density at radius 2 is 1.60 bits per heavy atom. The normalized spacial score (nSPS) is 40.3. The molecule has 5 aliphatic carbocycles. The second-order valence-electron chi connectivity index (χ2n) is 10.8. The zero-order valence-corrected chi connectivity index (χ0v) is 19.0. The predicted molar refractivity (Wildman–Crippen MR) is 121 cm³/mol. The van der Waals surface area contributed by atoms with Crippen LogP contribution in [0.1, 0.15) is 89.9 Å². The van der Waals surface area contributed by atoms with Crippen molar-refractivity contribution in [3.63, 3.8) is 0 Å². The van der Waals surface area contributed by atoms with E-state index in [-0.39, 0.29) is 22.5 Å². The Morgan fingerprint density at radius 1 is 1.00 bits per heavy atom. The van der Waals surface area contributed by atoms with E-state index in [1.807, 2.05) is 0 Å². The third kappa shape index (κ3) is 4.44. The molecule has 0 aromatic carbocycles. The van der Waals surface area contributed by atoms with Gasteiger partial charge in [0, 0.05) is 12.0 Å². The van der Waals surface area contributed by atoms with Crippen molar-refractivity contribution in [3.05, 3.63) is 0 Å². The van der Waals surface area contributed by atoms with Crippen LogP contribution in [-0.4, -0.2) is 34.8 Å². The molecule has 5 nitrogen and oxygen atoms in total. The lowest BCUT2D eigenvalue weighted by Gasteiger charge is -2.55. The van der Waals surface area contributed by atoms with Crippen LogP contribution in [0.25, 0.3) is 0 Å². The second-order valence-corrected chi connectivity index (χ2v) is 12.0. The van der Waals surface area contributed by atoms with Gasteiger partial charge >= 0.3 is 0 Å². The van der Waals surface area contributed by atoms with Crippen LogP contribution in [0, 0.1) is 23.2 Å². The predicted octanol–water partition coefficient (Wildman–Crippen LogP) is 4.41. The highest BCUT2D eigenvalue weighted by Crippen LogP contribution is 2.60. The van der Waals surface area contributed by atoms with Gasteiger partial charge in [-0.15, -0.1) is 0 Å². The van der Waals surface area contributed by atoms with Crippen LogP contribution >= 0.6 is 11.8 Å². The molecule has 0 aromatic rings. The first-order valence-electron chi connectivity index (χ1n) is 12.4. The first-order valence-corrected chi connectivity index (χ1v) is 13.3.